The van der Waals surface area contributed by atoms with Crippen LogP contribution in [0, 0.1) is 13.8 Å². The van der Waals surface area contributed by atoms with Crippen LogP contribution in [0.2, 0.25) is 0 Å². The summed E-state index contributed by atoms with van der Waals surface area (Å²) in [6.45, 7) is 6.00. The van der Waals surface area contributed by atoms with Gasteiger partial charge in [0.15, 0.2) is 12.4 Å². The van der Waals surface area contributed by atoms with Gasteiger partial charge in [0.25, 0.3) is 5.91 Å². The predicted molar refractivity (Wildman–Crippen MR) is 131 cm³/mol. The summed E-state index contributed by atoms with van der Waals surface area (Å²) in [7, 11) is 0. The van der Waals surface area contributed by atoms with Gasteiger partial charge in [0, 0.05) is 43.0 Å². The van der Waals surface area contributed by atoms with E-state index >= 15 is 0 Å². The van der Waals surface area contributed by atoms with Gasteiger partial charge in [0.05, 0.1) is 5.56 Å². The lowest BCUT2D eigenvalue weighted by Gasteiger charge is -2.36. The molecule has 0 unspecified atom stereocenters. The first-order chi connectivity index (χ1) is 16.4. The molecule has 1 aliphatic heterocycles. The molecule has 1 heterocycles. The highest BCUT2D eigenvalue weighted by atomic mass is 16.5. The van der Waals surface area contributed by atoms with Gasteiger partial charge in [-0.3, -0.25) is 9.59 Å². The number of hydrogen-bond donors (Lipinski definition) is 0. The molecule has 3 aromatic rings. The van der Waals surface area contributed by atoms with E-state index in [1.54, 1.807) is 29.2 Å². The lowest BCUT2D eigenvalue weighted by molar-refractivity contribution is -0.134. The summed E-state index contributed by atoms with van der Waals surface area (Å²) in [5.41, 5.74) is 3.91. The summed E-state index contributed by atoms with van der Waals surface area (Å²) >= 11 is 0. The number of hydrogen-bond acceptors (Lipinski definition) is 5. The van der Waals surface area contributed by atoms with E-state index in [9.17, 15) is 14.4 Å². The molecule has 174 valence electrons. The van der Waals surface area contributed by atoms with Gasteiger partial charge in [0.1, 0.15) is 0 Å². The highest BCUT2D eigenvalue weighted by Gasteiger charge is 2.24. The lowest BCUT2D eigenvalue weighted by atomic mass is 9.94. The van der Waals surface area contributed by atoms with E-state index in [-0.39, 0.29) is 29.4 Å². The predicted octanol–water partition coefficient (Wildman–Crippen LogP) is 4.04. The molecule has 0 radical (unpaired) electrons. The first kappa shape index (κ1) is 23.2. The molecule has 1 amide bonds. The number of nitrogens with zero attached hydrogens (tertiary/aromatic N) is 2. The molecule has 1 fully saturated rings. The number of carbonyl (C=O) groups excluding carboxylic acids is 3. The Morgan fingerprint density at radius 3 is 2.12 bits per heavy atom. The van der Waals surface area contributed by atoms with Crippen molar-refractivity contribution in [3.8, 4) is 0 Å². The number of para-hydroxylation sites is 1. The summed E-state index contributed by atoms with van der Waals surface area (Å²) in [4.78, 5) is 42.6. The first-order valence-electron chi connectivity index (χ1n) is 11.4. The van der Waals surface area contributed by atoms with Crippen LogP contribution in [-0.2, 0) is 9.53 Å². The van der Waals surface area contributed by atoms with Gasteiger partial charge in [-0.25, -0.2) is 4.79 Å². The van der Waals surface area contributed by atoms with E-state index in [4.69, 9.17) is 4.74 Å². The Balaban J connectivity index is 1.38. The maximum Gasteiger partial charge on any atom is 0.339 e. The van der Waals surface area contributed by atoms with Crippen LogP contribution in [0.4, 0.5) is 5.69 Å². The molecule has 0 N–H and O–H groups in total. The van der Waals surface area contributed by atoms with Crippen LogP contribution in [0.15, 0.2) is 72.8 Å². The molecule has 0 bridgehead atoms. The molecule has 34 heavy (non-hydrogen) atoms. The average Bonchev–Trinajstić information content (AvgIpc) is 2.88. The van der Waals surface area contributed by atoms with Gasteiger partial charge in [-0.2, -0.15) is 0 Å². The molecule has 0 saturated carbocycles. The molecule has 0 spiro atoms. The van der Waals surface area contributed by atoms with Crippen molar-refractivity contribution in [2.75, 3.05) is 37.7 Å². The minimum absolute atomic E-state index is 0.162. The van der Waals surface area contributed by atoms with E-state index in [2.05, 4.69) is 17.0 Å². The number of piperazine rings is 1. The minimum Gasteiger partial charge on any atom is -0.452 e. The third-order valence-corrected chi connectivity index (χ3v) is 6.11. The second-order valence-corrected chi connectivity index (χ2v) is 8.47. The van der Waals surface area contributed by atoms with E-state index in [0.29, 0.717) is 18.7 Å². The van der Waals surface area contributed by atoms with Crippen molar-refractivity contribution in [1.82, 2.24) is 4.90 Å². The summed E-state index contributed by atoms with van der Waals surface area (Å²) in [6, 6.07) is 22.3. The summed E-state index contributed by atoms with van der Waals surface area (Å²) in [5, 5.41) is 0. The van der Waals surface area contributed by atoms with Crippen molar-refractivity contribution in [3.63, 3.8) is 0 Å². The number of anilines is 1. The monoisotopic (exact) mass is 456 g/mol. The van der Waals surface area contributed by atoms with Gasteiger partial charge < -0.3 is 14.5 Å². The van der Waals surface area contributed by atoms with Gasteiger partial charge in [-0.1, -0.05) is 54.1 Å². The largest absolute Gasteiger partial charge is 0.452 e. The standard InChI is InChI=1S/C28H28N2O4/c1-20-12-13-21(2)25(18-20)27(32)23-10-6-7-11-24(23)28(33)34-19-26(31)30-16-14-29(15-17-30)22-8-4-3-5-9-22/h3-13,18H,14-17,19H2,1-2H3. The first-order valence-corrected chi connectivity index (χ1v) is 11.4. The number of esters is 1. The van der Waals surface area contributed by atoms with Crippen LogP contribution in [0.3, 0.4) is 0 Å². The molecule has 1 aliphatic rings. The number of carbonyl (C=O) groups is 3. The minimum atomic E-state index is -0.675. The Labute approximate surface area is 199 Å². The Morgan fingerprint density at radius 1 is 0.765 bits per heavy atom. The second-order valence-electron chi connectivity index (χ2n) is 8.47. The Morgan fingerprint density at radius 2 is 1.41 bits per heavy atom. The second kappa shape index (κ2) is 10.3. The highest BCUT2D eigenvalue weighted by molar-refractivity contribution is 6.15. The van der Waals surface area contributed by atoms with E-state index in [1.165, 1.54) is 0 Å². The molecule has 1 saturated heterocycles. The number of benzene rings is 3. The van der Waals surface area contributed by atoms with Crippen LogP contribution in [0.25, 0.3) is 0 Å². The Bertz CT molecular complexity index is 1200. The lowest BCUT2D eigenvalue weighted by Crippen LogP contribution is -2.49. The van der Waals surface area contributed by atoms with Gasteiger partial charge in [-0.15, -0.1) is 0 Å². The van der Waals surface area contributed by atoms with Crippen molar-refractivity contribution in [1.29, 1.82) is 0 Å². The van der Waals surface area contributed by atoms with Crippen LogP contribution in [0.5, 0.6) is 0 Å². The quantitative estimate of drug-likeness (QED) is 0.414. The van der Waals surface area contributed by atoms with E-state index in [1.807, 2.05) is 50.2 Å². The zero-order valence-corrected chi connectivity index (χ0v) is 19.5. The number of aryl methyl sites for hydroxylation is 2. The molecule has 0 aromatic heterocycles. The summed E-state index contributed by atoms with van der Waals surface area (Å²) < 4.78 is 5.34. The summed E-state index contributed by atoms with van der Waals surface area (Å²) in [6.07, 6.45) is 0. The van der Waals surface area contributed by atoms with Crippen LogP contribution in [0.1, 0.15) is 37.4 Å². The molecule has 0 aliphatic carbocycles. The van der Waals surface area contributed by atoms with Gasteiger partial charge in [-0.05, 0) is 43.7 Å². The third kappa shape index (κ3) is 5.17. The van der Waals surface area contributed by atoms with Crippen molar-refractivity contribution >= 4 is 23.3 Å². The van der Waals surface area contributed by atoms with E-state index < -0.39 is 5.97 Å². The number of rotatable bonds is 6. The van der Waals surface area contributed by atoms with Crippen LogP contribution >= 0.6 is 0 Å². The van der Waals surface area contributed by atoms with Gasteiger partial charge >= 0.3 is 5.97 Å². The third-order valence-electron chi connectivity index (χ3n) is 6.11. The zero-order chi connectivity index (χ0) is 24.1. The van der Waals surface area contributed by atoms with Crippen molar-refractivity contribution in [3.05, 3.63) is 101 Å². The maximum atomic E-state index is 13.2. The fraction of sp³-hybridized carbons (Fsp3) is 0.250. The molecule has 6 heteroatoms. The molecule has 6 nitrogen and oxygen atoms in total. The molecule has 3 aromatic carbocycles. The number of ether oxygens (including phenoxy) is 1. The molecule has 4 rings (SSSR count). The Kier molecular flexibility index (Phi) is 7.07. The van der Waals surface area contributed by atoms with Crippen molar-refractivity contribution < 1.29 is 19.1 Å². The molecular weight excluding hydrogens is 428 g/mol. The average molecular weight is 457 g/mol. The van der Waals surface area contributed by atoms with E-state index in [0.717, 1.165) is 29.9 Å². The summed E-state index contributed by atoms with van der Waals surface area (Å²) in [5.74, 6) is -1.15. The SMILES string of the molecule is Cc1ccc(C)c(C(=O)c2ccccc2C(=O)OCC(=O)N2CCN(c3ccccc3)CC2)c1. The fourth-order valence-corrected chi connectivity index (χ4v) is 4.13. The highest BCUT2D eigenvalue weighted by Crippen LogP contribution is 2.20. The van der Waals surface area contributed by atoms with Crippen molar-refractivity contribution in [2.24, 2.45) is 0 Å². The molecular formula is C28H28N2O4. The zero-order valence-electron chi connectivity index (χ0n) is 19.5. The smallest absolute Gasteiger partial charge is 0.339 e. The molecule has 0 atom stereocenters. The fourth-order valence-electron chi connectivity index (χ4n) is 4.13. The Hall–Kier alpha value is -3.93. The number of amides is 1. The van der Waals surface area contributed by atoms with Crippen LogP contribution < -0.4 is 4.90 Å². The maximum absolute atomic E-state index is 13.2. The van der Waals surface area contributed by atoms with Gasteiger partial charge in [0.2, 0.25) is 0 Å². The van der Waals surface area contributed by atoms with Crippen molar-refractivity contribution in [2.45, 2.75) is 13.8 Å². The normalized spacial score (nSPS) is 13.5. The van der Waals surface area contributed by atoms with Crippen LogP contribution in [-0.4, -0.2) is 55.3 Å². The number of ketones is 1. The topological polar surface area (TPSA) is 66.9 Å².